The van der Waals surface area contributed by atoms with Gasteiger partial charge in [0.05, 0.1) is 6.04 Å². The molecule has 1 unspecified atom stereocenters. The molecular weight excluding hydrogens is 324 g/mol. The van der Waals surface area contributed by atoms with E-state index in [4.69, 9.17) is 0 Å². The minimum absolute atomic E-state index is 0.368. The van der Waals surface area contributed by atoms with Crippen molar-refractivity contribution >= 4 is 11.3 Å². The van der Waals surface area contributed by atoms with Gasteiger partial charge in [0.2, 0.25) is 0 Å². The van der Waals surface area contributed by atoms with Crippen LogP contribution in [0.15, 0.2) is 66.0 Å². The molecule has 25 heavy (non-hydrogen) atoms. The fourth-order valence-electron chi connectivity index (χ4n) is 3.62. The van der Waals surface area contributed by atoms with E-state index in [9.17, 15) is 0 Å². The molecule has 0 amide bonds. The largest absolute Gasteiger partial charge is 0.314 e. The summed E-state index contributed by atoms with van der Waals surface area (Å²) in [4.78, 5) is 4.10. The maximum Gasteiger partial charge on any atom is 0.0699 e. The summed E-state index contributed by atoms with van der Waals surface area (Å²) < 4.78 is 0. The van der Waals surface area contributed by atoms with Crippen LogP contribution < -0.4 is 5.32 Å². The van der Waals surface area contributed by atoms with E-state index in [1.54, 1.807) is 0 Å². The summed E-state index contributed by atoms with van der Waals surface area (Å²) in [6.45, 7) is 6.58. The van der Waals surface area contributed by atoms with E-state index in [0.29, 0.717) is 6.04 Å². The van der Waals surface area contributed by atoms with Crippen molar-refractivity contribution in [3.05, 3.63) is 82.0 Å². The highest BCUT2D eigenvalue weighted by Gasteiger charge is 2.26. The van der Waals surface area contributed by atoms with E-state index in [1.807, 2.05) is 11.3 Å². The third-order valence-electron chi connectivity index (χ3n) is 5.00. The highest BCUT2D eigenvalue weighted by atomic mass is 32.1. The number of piperazine rings is 1. The Morgan fingerprint density at radius 2 is 1.56 bits per heavy atom. The molecule has 2 aromatic carbocycles. The Morgan fingerprint density at radius 1 is 0.880 bits per heavy atom. The van der Waals surface area contributed by atoms with Crippen LogP contribution in [-0.2, 0) is 0 Å². The van der Waals surface area contributed by atoms with Crippen LogP contribution in [0.2, 0.25) is 0 Å². The van der Waals surface area contributed by atoms with Gasteiger partial charge in [-0.2, -0.15) is 0 Å². The molecule has 1 aromatic heterocycles. The van der Waals surface area contributed by atoms with Crippen molar-refractivity contribution in [2.45, 2.75) is 13.0 Å². The van der Waals surface area contributed by atoms with Gasteiger partial charge in [0.1, 0.15) is 0 Å². The summed E-state index contributed by atoms with van der Waals surface area (Å²) in [5.74, 6) is 0. The first-order valence-electron chi connectivity index (χ1n) is 8.97. The Labute approximate surface area is 154 Å². The maximum absolute atomic E-state index is 3.47. The van der Waals surface area contributed by atoms with E-state index < -0.39 is 0 Å². The van der Waals surface area contributed by atoms with Gasteiger partial charge in [-0.1, -0.05) is 54.6 Å². The summed E-state index contributed by atoms with van der Waals surface area (Å²) >= 11 is 1.88. The molecular formula is C22H24N2S. The summed E-state index contributed by atoms with van der Waals surface area (Å²) in [6, 6.07) is 22.4. The number of hydrogen-bond donors (Lipinski definition) is 1. The van der Waals surface area contributed by atoms with Crippen molar-refractivity contribution in [1.82, 2.24) is 10.2 Å². The predicted octanol–water partition coefficient (Wildman–Crippen LogP) is 4.72. The first-order chi connectivity index (χ1) is 12.3. The molecule has 1 saturated heterocycles. The number of nitrogens with one attached hydrogen (secondary N) is 1. The van der Waals surface area contributed by atoms with Crippen molar-refractivity contribution < 1.29 is 0 Å². The molecule has 128 valence electrons. The van der Waals surface area contributed by atoms with E-state index in [0.717, 1.165) is 26.2 Å². The molecule has 1 aliphatic heterocycles. The van der Waals surface area contributed by atoms with Crippen molar-refractivity contribution in [2.24, 2.45) is 0 Å². The van der Waals surface area contributed by atoms with E-state index in [2.05, 4.69) is 83.2 Å². The lowest BCUT2D eigenvalue weighted by Crippen LogP contribution is -2.45. The zero-order valence-electron chi connectivity index (χ0n) is 14.6. The monoisotopic (exact) mass is 348 g/mol. The van der Waals surface area contributed by atoms with Crippen LogP contribution in [0.25, 0.3) is 11.1 Å². The Balaban J connectivity index is 1.68. The van der Waals surface area contributed by atoms with Crippen LogP contribution in [0.4, 0.5) is 0 Å². The number of thiophene rings is 1. The van der Waals surface area contributed by atoms with Crippen LogP contribution in [-0.4, -0.2) is 31.1 Å². The fraction of sp³-hybridized carbons (Fsp3) is 0.273. The summed E-state index contributed by atoms with van der Waals surface area (Å²) in [7, 11) is 0. The van der Waals surface area contributed by atoms with Gasteiger partial charge in [-0.15, -0.1) is 11.3 Å². The van der Waals surface area contributed by atoms with Crippen LogP contribution >= 0.6 is 11.3 Å². The van der Waals surface area contributed by atoms with Crippen LogP contribution in [0.5, 0.6) is 0 Å². The molecule has 1 fully saturated rings. The molecule has 0 radical (unpaired) electrons. The Morgan fingerprint density at radius 3 is 2.20 bits per heavy atom. The second-order valence-corrected chi connectivity index (χ2v) is 7.59. The first kappa shape index (κ1) is 16.5. The molecule has 1 atom stereocenters. The van der Waals surface area contributed by atoms with Crippen LogP contribution in [0.3, 0.4) is 0 Å². The zero-order valence-corrected chi connectivity index (χ0v) is 15.4. The normalized spacial score (nSPS) is 16.7. The van der Waals surface area contributed by atoms with Gasteiger partial charge in [-0.05, 0) is 40.6 Å². The number of nitrogens with zero attached hydrogens (tertiary/aromatic N) is 1. The third-order valence-corrected chi connectivity index (χ3v) is 6.07. The minimum atomic E-state index is 0.368. The van der Waals surface area contributed by atoms with Gasteiger partial charge in [0.25, 0.3) is 0 Å². The third kappa shape index (κ3) is 3.54. The maximum atomic E-state index is 3.47. The molecule has 0 saturated carbocycles. The zero-order chi connectivity index (χ0) is 17.1. The molecule has 1 aliphatic rings. The van der Waals surface area contributed by atoms with Gasteiger partial charge in [0, 0.05) is 31.1 Å². The fourth-order valence-corrected chi connectivity index (χ4v) is 4.71. The summed E-state index contributed by atoms with van der Waals surface area (Å²) in [5.41, 5.74) is 5.36. The average Bonchev–Trinajstić information content (AvgIpc) is 3.10. The average molecular weight is 349 g/mol. The lowest BCUT2D eigenvalue weighted by atomic mass is 9.97. The second-order valence-electron chi connectivity index (χ2n) is 6.64. The van der Waals surface area contributed by atoms with Gasteiger partial charge in [-0.25, -0.2) is 0 Å². The van der Waals surface area contributed by atoms with E-state index in [1.165, 1.54) is 27.1 Å². The minimum Gasteiger partial charge on any atom is -0.314 e. The lowest BCUT2D eigenvalue weighted by molar-refractivity contribution is 0.200. The molecule has 3 aromatic rings. The quantitative estimate of drug-likeness (QED) is 0.734. The lowest BCUT2D eigenvalue weighted by Gasteiger charge is -2.35. The van der Waals surface area contributed by atoms with Gasteiger partial charge in [0.15, 0.2) is 0 Å². The van der Waals surface area contributed by atoms with Crippen LogP contribution in [0, 0.1) is 6.92 Å². The smallest absolute Gasteiger partial charge is 0.0699 e. The number of aryl methyl sites for hydroxylation is 1. The van der Waals surface area contributed by atoms with E-state index in [-0.39, 0.29) is 0 Å². The topological polar surface area (TPSA) is 15.3 Å². The number of benzene rings is 2. The number of hydrogen-bond acceptors (Lipinski definition) is 3. The van der Waals surface area contributed by atoms with Crippen molar-refractivity contribution in [3.8, 4) is 11.1 Å². The Hall–Kier alpha value is -1.94. The molecule has 0 spiro atoms. The molecule has 2 nitrogen and oxygen atoms in total. The van der Waals surface area contributed by atoms with Gasteiger partial charge in [-0.3, -0.25) is 4.90 Å². The second kappa shape index (κ2) is 7.52. The molecule has 3 heteroatoms. The van der Waals surface area contributed by atoms with Crippen molar-refractivity contribution in [3.63, 3.8) is 0 Å². The molecule has 0 aliphatic carbocycles. The van der Waals surface area contributed by atoms with Gasteiger partial charge < -0.3 is 5.32 Å². The number of rotatable bonds is 4. The highest BCUT2D eigenvalue weighted by molar-refractivity contribution is 7.10. The summed E-state index contributed by atoms with van der Waals surface area (Å²) in [6.07, 6.45) is 0. The predicted molar refractivity (Wildman–Crippen MR) is 107 cm³/mol. The SMILES string of the molecule is Cc1ccsc1C(c1ccc(-c2ccccc2)cc1)N1CCNCC1. The summed E-state index contributed by atoms with van der Waals surface area (Å²) in [5, 5.41) is 5.69. The molecule has 1 N–H and O–H groups in total. The van der Waals surface area contributed by atoms with Crippen molar-refractivity contribution in [2.75, 3.05) is 26.2 Å². The Kier molecular flexibility index (Phi) is 4.97. The Bertz CT molecular complexity index is 802. The first-order valence-corrected chi connectivity index (χ1v) is 9.85. The van der Waals surface area contributed by atoms with Gasteiger partial charge >= 0.3 is 0 Å². The van der Waals surface area contributed by atoms with Crippen LogP contribution in [0.1, 0.15) is 22.0 Å². The van der Waals surface area contributed by atoms with E-state index >= 15 is 0 Å². The molecule has 0 bridgehead atoms. The molecule has 4 rings (SSSR count). The standard InChI is InChI=1S/C22H24N2S/c1-17-11-16-25-22(17)21(24-14-12-23-13-15-24)20-9-7-19(8-10-20)18-5-3-2-4-6-18/h2-11,16,21,23H,12-15H2,1H3. The highest BCUT2D eigenvalue weighted by Crippen LogP contribution is 2.35. The van der Waals surface area contributed by atoms with Crippen molar-refractivity contribution in [1.29, 1.82) is 0 Å². The molecule has 2 heterocycles.